The molecule has 0 bridgehead atoms. The molecule has 1 aliphatic rings. The molecule has 0 saturated carbocycles. The maximum absolute atomic E-state index is 10.1. The van der Waals surface area contributed by atoms with Crippen LogP contribution in [0.15, 0.2) is 58.0 Å². The summed E-state index contributed by atoms with van der Waals surface area (Å²) in [7, 11) is 0. The second-order valence-electron chi connectivity index (χ2n) is 7.16. The highest BCUT2D eigenvalue weighted by Crippen LogP contribution is 2.27. The summed E-state index contributed by atoms with van der Waals surface area (Å²) in [5.74, 6) is 2.05. The minimum Gasteiger partial charge on any atom is -0.506 e. The van der Waals surface area contributed by atoms with Crippen molar-refractivity contribution in [1.29, 1.82) is 0 Å². The normalized spacial score (nSPS) is 14.2. The zero-order valence-corrected chi connectivity index (χ0v) is 20.8. The summed E-state index contributed by atoms with van der Waals surface area (Å²) in [6, 6.07) is 14.8. The number of para-hydroxylation sites is 2. The lowest BCUT2D eigenvalue weighted by Crippen LogP contribution is -2.52. The molecule has 170 valence electrons. The Morgan fingerprint density at radius 1 is 1.16 bits per heavy atom. The van der Waals surface area contributed by atoms with Gasteiger partial charge in [0, 0.05) is 43.3 Å². The number of aromatic hydroxyl groups is 1. The number of guanidine groups is 1. The van der Waals surface area contributed by atoms with Crippen molar-refractivity contribution in [2.45, 2.75) is 13.5 Å². The Labute approximate surface area is 209 Å². The van der Waals surface area contributed by atoms with Gasteiger partial charge in [-0.1, -0.05) is 41.0 Å². The van der Waals surface area contributed by atoms with Crippen molar-refractivity contribution in [3.8, 4) is 17.1 Å². The number of phenolic OH excluding ortho intramolecular Hbond substituents is 1. The number of phenols is 1. The van der Waals surface area contributed by atoms with Crippen LogP contribution in [0.4, 0.5) is 5.69 Å². The van der Waals surface area contributed by atoms with Crippen molar-refractivity contribution in [3.63, 3.8) is 0 Å². The molecule has 0 radical (unpaired) electrons. The summed E-state index contributed by atoms with van der Waals surface area (Å²) in [6.07, 6.45) is 0. The van der Waals surface area contributed by atoms with Crippen LogP contribution in [-0.4, -0.2) is 58.8 Å². The van der Waals surface area contributed by atoms with Crippen LogP contribution in [0.5, 0.6) is 5.75 Å². The van der Waals surface area contributed by atoms with E-state index in [2.05, 4.69) is 30.2 Å². The van der Waals surface area contributed by atoms with Gasteiger partial charge in [-0.2, -0.15) is 4.98 Å². The Morgan fingerprint density at radius 2 is 1.94 bits per heavy atom. The molecule has 1 aliphatic heterocycles. The number of aromatic nitrogens is 2. The Bertz CT molecular complexity index is 1050. The molecule has 1 fully saturated rings. The van der Waals surface area contributed by atoms with Crippen LogP contribution < -0.4 is 10.2 Å². The molecule has 10 heteroatoms. The van der Waals surface area contributed by atoms with Crippen LogP contribution in [0.1, 0.15) is 12.8 Å². The number of hydrogen-bond acceptors (Lipinski definition) is 6. The van der Waals surface area contributed by atoms with Gasteiger partial charge in [0.1, 0.15) is 12.3 Å². The molecule has 0 unspecified atom stereocenters. The fourth-order valence-corrected chi connectivity index (χ4v) is 3.71. The first-order valence-corrected chi connectivity index (χ1v) is 10.7. The SMILES string of the molecule is CCNC(=NCc1nc(-c2cccc(Cl)c2)no1)N1CCN(c2ccccc2O)CC1.I. The summed E-state index contributed by atoms with van der Waals surface area (Å²) in [5.41, 5.74) is 1.67. The number of hydrogen-bond donors (Lipinski definition) is 2. The molecule has 2 aromatic carbocycles. The van der Waals surface area contributed by atoms with Crippen LogP contribution >= 0.6 is 35.6 Å². The molecule has 32 heavy (non-hydrogen) atoms. The van der Waals surface area contributed by atoms with E-state index in [1.165, 1.54) is 0 Å². The summed E-state index contributed by atoms with van der Waals surface area (Å²) in [6.45, 7) is 6.25. The first-order valence-electron chi connectivity index (χ1n) is 10.3. The van der Waals surface area contributed by atoms with Crippen LogP contribution in [0.2, 0.25) is 5.02 Å². The predicted molar refractivity (Wildman–Crippen MR) is 137 cm³/mol. The van der Waals surface area contributed by atoms with E-state index in [-0.39, 0.29) is 30.5 Å². The minimum atomic E-state index is 0. The van der Waals surface area contributed by atoms with E-state index in [4.69, 9.17) is 16.1 Å². The first kappa shape index (κ1) is 24.1. The van der Waals surface area contributed by atoms with E-state index in [0.717, 1.165) is 49.9 Å². The molecule has 1 aromatic heterocycles. The lowest BCUT2D eigenvalue weighted by Gasteiger charge is -2.37. The molecular weight excluding hydrogens is 543 g/mol. The number of halogens is 2. The van der Waals surface area contributed by atoms with Gasteiger partial charge in [-0.15, -0.1) is 24.0 Å². The third-order valence-corrected chi connectivity index (χ3v) is 5.29. The molecule has 0 aliphatic carbocycles. The van der Waals surface area contributed by atoms with Gasteiger partial charge in [-0.05, 0) is 31.2 Å². The quantitative estimate of drug-likeness (QED) is 0.273. The summed E-state index contributed by atoms with van der Waals surface area (Å²) >= 11 is 6.04. The molecule has 2 heterocycles. The maximum atomic E-state index is 10.1. The van der Waals surface area contributed by atoms with Gasteiger partial charge in [-0.25, -0.2) is 4.99 Å². The molecule has 3 aromatic rings. The van der Waals surface area contributed by atoms with Gasteiger partial charge >= 0.3 is 0 Å². The fourth-order valence-electron chi connectivity index (χ4n) is 3.52. The maximum Gasteiger partial charge on any atom is 0.248 e. The fraction of sp³-hybridized carbons (Fsp3) is 0.318. The molecule has 0 spiro atoms. The van der Waals surface area contributed by atoms with Crippen molar-refractivity contribution in [3.05, 3.63) is 59.4 Å². The number of aliphatic imine (C=N–C) groups is 1. The number of rotatable bonds is 5. The van der Waals surface area contributed by atoms with Gasteiger partial charge < -0.3 is 24.7 Å². The van der Waals surface area contributed by atoms with Gasteiger partial charge in [0.15, 0.2) is 5.96 Å². The summed E-state index contributed by atoms with van der Waals surface area (Å²) < 4.78 is 5.37. The Balaban J connectivity index is 0.00000289. The Morgan fingerprint density at radius 3 is 2.66 bits per heavy atom. The lowest BCUT2D eigenvalue weighted by atomic mass is 10.2. The molecular formula is C22H26ClIN6O2. The zero-order chi connectivity index (χ0) is 21.6. The van der Waals surface area contributed by atoms with Crippen molar-refractivity contribution in [2.24, 2.45) is 4.99 Å². The third-order valence-electron chi connectivity index (χ3n) is 5.05. The van der Waals surface area contributed by atoms with E-state index in [1.807, 2.05) is 37.3 Å². The lowest BCUT2D eigenvalue weighted by molar-refractivity contribution is 0.363. The van der Waals surface area contributed by atoms with Crippen LogP contribution in [0, 0.1) is 0 Å². The zero-order valence-electron chi connectivity index (χ0n) is 17.7. The monoisotopic (exact) mass is 568 g/mol. The number of nitrogens with one attached hydrogen (secondary N) is 1. The van der Waals surface area contributed by atoms with Crippen molar-refractivity contribution < 1.29 is 9.63 Å². The Hall–Kier alpha value is -2.53. The average Bonchev–Trinajstić information content (AvgIpc) is 3.26. The predicted octanol–water partition coefficient (Wildman–Crippen LogP) is 4.00. The highest BCUT2D eigenvalue weighted by molar-refractivity contribution is 14.0. The van der Waals surface area contributed by atoms with Crippen molar-refractivity contribution >= 4 is 47.2 Å². The highest BCUT2D eigenvalue weighted by atomic mass is 127. The second-order valence-corrected chi connectivity index (χ2v) is 7.59. The van der Waals surface area contributed by atoms with Gasteiger partial charge in [0.05, 0.1) is 5.69 Å². The first-order chi connectivity index (χ1) is 15.1. The van der Waals surface area contributed by atoms with Crippen LogP contribution in [-0.2, 0) is 6.54 Å². The van der Waals surface area contributed by atoms with Crippen LogP contribution in [0.3, 0.4) is 0 Å². The molecule has 8 nitrogen and oxygen atoms in total. The van der Waals surface area contributed by atoms with E-state index in [1.54, 1.807) is 18.2 Å². The summed E-state index contributed by atoms with van der Waals surface area (Å²) in [5, 5.41) is 18.1. The highest BCUT2D eigenvalue weighted by Gasteiger charge is 2.21. The van der Waals surface area contributed by atoms with Crippen molar-refractivity contribution in [1.82, 2.24) is 20.4 Å². The molecule has 4 rings (SSSR count). The minimum absolute atomic E-state index is 0. The van der Waals surface area contributed by atoms with Crippen molar-refractivity contribution in [2.75, 3.05) is 37.6 Å². The number of anilines is 1. The van der Waals surface area contributed by atoms with E-state index in [9.17, 15) is 5.11 Å². The number of benzene rings is 2. The molecule has 0 atom stereocenters. The number of nitrogens with zero attached hydrogens (tertiary/aromatic N) is 5. The van der Waals surface area contributed by atoms with Gasteiger partial charge in [0.25, 0.3) is 0 Å². The van der Waals surface area contributed by atoms with Gasteiger partial charge in [0.2, 0.25) is 11.7 Å². The largest absolute Gasteiger partial charge is 0.506 e. The summed E-state index contributed by atoms with van der Waals surface area (Å²) in [4.78, 5) is 13.5. The average molecular weight is 569 g/mol. The Kier molecular flexibility index (Phi) is 8.57. The third kappa shape index (κ3) is 5.83. The van der Waals surface area contributed by atoms with E-state index in [0.29, 0.717) is 22.5 Å². The molecule has 1 saturated heterocycles. The van der Waals surface area contributed by atoms with E-state index < -0.39 is 0 Å². The smallest absolute Gasteiger partial charge is 0.248 e. The number of piperazine rings is 1. The van der Waals surface area contributed by atoms with Gasteiger partial charge in [-0.3, -0.25) is 0 Å². The topological polar surface area (TPSA) is 90.0 Å². The van der Waals surface area contributed by atoms with E-state index >= 15 is 0 Å². The molecule has 0 amide bonds. The van der Waals surface area contributed by atoms with Crippen LogP contribution in [0.25, 0.3) is 11.4 Å². The second kappa shape index (κ2) is 11.4. The molecule has 2 N–H and O–H groups in total. The standard InChI is InChI=1S/C22H25ClN6O2.HI/c1-2-24-22(29-12-10-28(11-13-29)18-8-3-4-9-19(18)30)25-15-20-26-21(27-31-20)16-6-5-7-17(23)14-16;/h3-9,14,30H,2,10-13,15H2,1H3,(H,24,25);1H.